The maximum Gasteiger partial charge on any atom is 0.258 e. The van der Waals surface area contributed by atoms with E-state index >= 15 is 0 Å². The van der Waals surface area contributed by atoms with Crippen molar-refractivity contribution >= 4 is 11.6 Å². The van der Waals surface area contributed by atoms with Gasteiger partial charge in [0.05, 0.1) is 12.1 Å². The monoisotopic (exact) mass is 264 g/mol. The summed E-state index contributed by atoms with van der Waals surface area (Å²) in [7, 11) is 0. The van der Waals surface area contributed by atoms with E-state index in [-0.39, 0.29) is 19.1 Å². The fourth-order valence-corrected chi connectivity index (χ4v) is 2.46. The van der Waals surface area contributed by atoms with Gasteiger partial charge < -0.3 is 20.9 Å². The minimum atomic E-state index is -0.448. The van der Waals surface area contributed by atoms with Crippen LogP contribution in [0.2, 0.25) is 0 Å². The fraction of sp³-hybridized carbons (Fsp3) is 0.500. The third kappa shape index (κ3) is 3.61. The van der Waals surface area contributed by atoms with Gasteiger partial charge in [-0.05, 0) is 25.0 Å². The zero-order chi connectivity index (χ0) is 13.7. The summed E-state index contributed by atoms with van der Waals surface area (Å²) in [5.41, 5.74) is 5.78. The predicted octanol–water partition coefficient (Wildman–Crippen LogP) is 1.07. The number of nitrogens with one attached hydrogen (secondary N) is 1. The van der Waals surface area contributed by atoms with Crippen molar-refractivity contribution in [3.63, 3.8) is 0 Å². The molecule has 0 saturated heterocycles. The second kappa shape index (κ2) is 5.93. The summed E-state index contributed by atoms with van der Waals surface area (Å²) in [5.74, 6) is 0.359. The van der Waals surface area contributed by atoms with Gasteiger partial charge in [0, 0.05) is 11.8 Å². The standard InChI is InChI=1S/C14H20N2O3/c15-11-4-3-5-12(8-11)19-9-13(18)16-14(10-17)6-1-2-7-14/h3-5,8,17H,1-2,6-7,9-10,15H2,(H,16,18). The highest BCUT2D eigenvalue weighted by Crippen LogP contribution is 2.29. The van der Waals surface area contributed by atoms with Gasteiger partial charge in [-0.3, -0.25) is 4.79 Å². The number of aliphatic hydroxyl groups excluding tert-OH is 1. The predicted molar refractivity (Wildman–Crippen MR) is 72.8 cm³/mol. The van der Waals surface area contributed by atoms with Gasteiger partial charge in [0.15, 0.2) is 6.61 Å². The molecule has 1 aromatic rings. The number of carbonyl (C=O) groups is 1. The second-order valence-corrected chi connectivity index (χ2v) is 5.05. The highest BCUT2D eigenvalue weighted by atomic mass is 16.5. The first-order chi connectivity index (χ1) is 9.13. The number of ether oxygens (including phenoxy) is 1. The van der Waals surface area contributed by atoms with Crippen LogP contribution >= 0.6 is 0 Å². The van der Waals surface area contributed by atoms with Crippen molar-refractivity contribution in [2.24, 2.45) is 0 Å². The van der Waals surface area contributed by atoms with E-state index in [1.165, 1.54) is 0 Å². The Kier molecular flexibility index (Phi) is 4.27. The molecule has 1 fully saturated rings. The highest BCUT2D eigenvalue weighted by molar-refractivity contribution is 5.78. The first kappa shape index (κ1) is 13.7. The lowest BCUT2D eigenvalue weighted by Crippen LogP contribution is -2.50. The third-order valence-corrected chi connectivity index (χ3v) is 3.50. The first-order valence-electron chi connectivity index (χ1n) is 6.54. The van der Waals surface area contributed by atoms with Crippen molar-refractivity contribution in [1.82, 2.24) is 5.32 Å². The number of amides is 1. The lowest BCUT2D eigenvalue weighted by molar-refractivity contribution is -0.125. The Morgan fingerprint density at radius 3 is 2.79 bits per heavy atom. The molecule has 1 aromatic carbocycles. The minimum Gasteiger partial charge on any atom is -0.484 e. The average Bonchev–Trinajstić information content (AvgIpc) is 2.86. The van der Waals surface area contributed by atoms with E-state index in [1.807, 2.05) is 0 Å². The Bertz CT molecular complexity index is 442. The van der Waals surface area contributed by atoms with Crippen LogP contribution in [0.1, 0.15) is 25.7 Å². The van der Waals surface area contributed by atoms with Crippen LogP contribution in [0.3, 0.4) is 0 Å². The first-order valence-corrected chi connectivity index (χ1v) is 6.54. The van der Waals surface area contributed by atoms with Gasteiger partial charge in [-0.15, -0.1) is 0 Å². The minimum absolute atomic E-state index is 0.0168. The van der Waals surface area contributed by atoms with Gasteiger partial charge in [0.2, 0.25) is 0 Å². The Morgan fingerprint density at radius 2 is 2.16 bits per heavy atom. The molecule has 1 saturated carbocycles. The molecule has 104 valence electrons. The van der Waals surface area contributed by atoms with Gasteiger partial charge >= 0.3 is 0 Å². The molecule has 0 radical (unpaired) electrons. The summed E-state index contributed by atoms with van der Waals surface area (Å²) in [4.78, 5) is 11.8. The Morgan fingerprint density at radius 1 is 1.42 bits per heavy atom. The molecule has 0 aliphatic heterocycles. The van der Waals surface area contributed by atoms with E-state index in [9.17, 15) is 9.90 Å². The van der Waals surface area contributed by atoms with Crippen LogP contribution in [-0.2, 0) is 4.79 Å². The Labute approximate surface area is 112 Å². The van der Waals surface area contributed by atoms with Gasteiger partial charge in [-0.25, -0.2) is 0 Å². The number of rotatable bonds is 5. The number of hydrogen-bond acceptors (Lipinski definition) is 4. The van der Waals surface area contributed by atoms with Crippen LogP contribution in [0.25, 0.3) is 0 Å². The van der Waals surface area contributed by atoms with Gasteiger partial charge in [-0.1, -0.05) is 18.9 Å². The summed E-state index contributed by atoms with van der Waals surface area (Å²) in [6.07, 6.45) is 3.73. The maximum absolute atomic E-state index is 11.8. The van der Waals surface area contributed by atoms with Crippen molar-refractivity contribution in [3.8, 4) is 5.75 Å². The molecule has 0 bridgehead atoms. The molecule has 19 heavy (non-hydrogen) atoms. The number of nitrogen functional groups attached to an aromatic ring is 1. The summed E-state index contributed by atoms with van der Waals surface area (Å²) >= 11 is 0. The van der Waals surface area contributed by atoms with Crippen LogP contribution in [0.4, 0.5) is 5.69 Å². The highest BCUT2D eigenvalue weighted by Gasteiger charge is 2.34. The van der Waals surface area contributed by atoms with E-state index in [2.05, 4.69) is 5.32 Å². The van der Waals surface area contributed by atoms with Crippen LogP contribution in [-0.4, -0.2) is 29.8 Å². The Hall–Kier alpha value is -1.75. The van der Waals surface area contributed by atoms with Crippen LogP contribution in [0.5, 0.6) is 5.75 Å². The molecule has 1 aliphatic carbocycles. The smallest absolute Gasteiger partial charge is 0.258 e. The molecule has 0 atom stereocenters. The zero-order valence-corrected chi connectivity index (χ0v) is 10.9. The molecule has 0 heterocycles. The van der Waals surface area contributed by atoms with Gasteiger partial charge in [0.1, 0.15) is 5.75 Å². The van der Waals surface area contributed by atoms with Crippen LogP contribution in [0, 0.1) is 0 Å². The van der Waals surface area contributed by atoms with Crippen molar-refractivity contribution in [3.05, 3.63) is 24.3 Å². The number of hydrogen-bond donors (Lipinski definition) is 3. The van der Waals surface area contributed by atoms with Crippen LogP contribution in [0.15, 0.2) is 24.3 Å². The zero-order valence-electron chi connectivity index (χ0n) is 10.9. The number of carbonyl (C=O) groups excluding carboxylic acids is 1. The van der Waals surface area contributed by atoms with E-state index in [4.69, 9.17) is 10.5 Å². The van der Waals surface area contributed by atoms with Crippen molar-refractivity contribution in [2.75, 3.05) is 18.9 Å². The molecule has 1 amide bonds. The summed E-state index contributed by atoms with van der Waals surface area (Å²) in [6.45, 7) is -0.0811. The van der Waals surface area contributed by atoms with E-state index in [0.717, 1.165) is 25.7 Å². The Balaban J connectivity index is 1.84. The quantitative estimate of drug-likeness (QED) is 0.694. The molecule has 0 spiro atoms. The molecule has 4 N–H and O–H groups in total. The molecule has 5 heteroatoms. The van der Waals surface area contributed by atoms with E-state index in [1.54, 1.807) is 24.3 Å². The second-order valence-electron chi connectivity index (χ2n) is 5.05. The number of aliphatic hydroxyl groups is 1. The van der Waals surface area contributed by atoms with E-state index in [0.29, 0.717) is 11.4 Å². The molecule has 1 aliphatic rings. The lowest BCUT2D eigenvalue weighted by atomic mass is 9.99. The lowest BCUT2D eigenvalue weighted by Gasteiger charge is -2.27. The number of anilines is 1. The average molecular weight is 264 g/mol. The topological polar surface area (TPSA) is 84.6 Å². The van der Waals surface area contributed by atoms with Crippen molar-refractivity contribution in [2.45, 2.75) is 31.2 Å². The molecule has 2 rings (SSSR count). The molecular formula is C14H20N2O3. The summed E-state index contributed by atoms with van der Waals surface area (Å²) in [5, 5.41) is 12.3. The summed E-state index contributed by atoms with van der Waals surface area (Å²) in [6, 6.07) is 6.95. The third-order valence-electron chi connectivity index (χ3n) is 3.50. The van der Waals surface area contributed by atoms with Gasteiger partial charge in [-0.2, -0.15) is 0 Å². The molecule has 0 aromatic heterocycles. The molecule has 5 nitrogen and oxygen atoms in total. The number of nitrogens with two attached hydrogens (primary N) is 1. The largest absolute Gasteiger partial charge is 0.484 e. The maximum atomic E-state index is 11.8. The van der Waals surface area contributed by atoms with Crippen LogP contribution < -0.4 is 15.8 Å². The SMILES string of the molecule is Nc1cccc(OCC(=O)NC2(CO)CCCC2)c1. The van der Waals surface area contributed by atoms with Gasteiger partial charge in [0.25, 0.3) is 5.91 Å². The van der Waals surface area contributed by atoms with Crippen molar-refractivity contribution < 1.29 is 14.6 Å². The molecule has 0 unspecified atom stereocenters. The molecular weight excluding hydrogens is 244 g/mol. The summed E-state index contributed by atoms with van der Waals surface area (Å²) < 4.78 is 5.37. The fourth-order valence-electron chi connectivity index (χ4n) is 2.46. The van der Waals surface area contributed by atoms with Crippen molar-refractivity contribution in [1.29, 1.82) is 0 Å². The number of benzene rings is 1. The van der Waals surface area contributed by atoms with E-state index < -0.39 is 5.54 Å². The normalized spacial score (nSPS) is 17.1.